The molecule has 134 valence electrons. The molecule has 0 aliphatic rings. The normalized spacial score (nSPS) is 10.6. The molecule has 0 fully saturated rings. The van der Waals surface area contributed by atoms with Gasteiger partial charge >= 0.3 is 5.97 Å². The minimum Gasteiger partial charge on any atom is -0.480 e. The molecule has 0 bridgehead atoms. The molecule has 0 unspecified atom stereocenters. The number of ketones is 1. The summed E-state index contributed by atoms with van der Waals surface area (Å²) < 4.78 is 12.2. The molecule has 0 saturated carbocycles. The number of ether oxygens (including phenoxy) is 2. The van der Waals surface area contributed by atoms with Gasteiger partial charge in [0.05, 0.1) is 22.3 Å². The van der Waals surface area contributed by atoms with E-state index in [1.165, 1.54) is 12.1 Å². The fourth-order valence-electron chi connectivity index (χ4n) is 2.11. The zero-order chi connectivity index (χ0) is 18.6. The van der Waals surface area contributed by atoms with Crippen LogP contribution in [0.4, 0.5) is 0 Å². The molecule has 6 nitrogen and oxygen atoms in total. The van der Waals surface area contributed by atoms with Crippen LogP contribution >= 0.6 is 39.1 Å². The third-order valence-electron chi connectivity index (χ3n) is 3.25. The minimum atomic E-state index is -0.523. The first-order valence-electron chi connectivity index (χ1n) is 7.43. The predicted octanol–water partition coefficient (Wildman–Crippen LogP) is 4.15. The molecule has 25 heavy (non-hydrogen) atoms. The van der Waals surface area contributed by atoms with Gasteiger partial charge < -0.3 is 9.47 Å². The van der Waals surface area contributed by atoms with E-state index in [2.05, 4.69) is 21.0 Å². The number of benzene rings is 1. The van der Waals surface area contributed by atoms with E-state index in [1.807, 2.05) is 6.92 Å². The zero-order valence-corrected chi connectivity index (χ0v) is 16.6. The number of aromatic nitrogens is 2. The van der Waals surface area contributed by atoms with Gasteiger partial charge in [-0.1, -0.05) is 23.2 Å². The molecule has 0 aliphatic carbocycles. The number of esters is 1. The van der Waals surface area contributed by atoms with Crippen LogP contribution in [-0.4, -0.2) is 34.7 Å². The van der Waals surface area contributed by atoms with Crippen molar-refractivity contribution in [3.63, 3.8) is 0 Å². The second kappa shape index (κ2) is 8.69. The molecule has 1 aromatic heterocycles. The quantitative estimate of drug-likeness (QED) is 0.469. The number of rotatable bonds is 7. The van der Waals surface area contributed by atoms with E-state index in [0.717, 1.165) is 0 Å². The van der Waals surface area contributed by atoms with Crippen molar-refractivity contribution in [2.75, 3.05) is 13.2 Å². The van der Waals surface area contributed by atoms with Gasteiger partial charge in [0.2, 0.25) is 5.78 Å². The standard InChI is InChI=1S/C16H15BrCl2N2O4/c1-3-21-15(10(17)7-20-21)16(23)9-5-6-11(14(19)13(9)18)25-8-12(22)24-4-2/h5-7H,3-4,8H2,1-2H3. The maximum Gasteiger partial charge on any atom is 0.344 e. The number of aryl methyl sites for hydroxylation is 1. The Bertz CT molecular complexity index is 808. The lowest BCUT2D eigenvalue weighted by atomic mass is 10.1. The SMILES string of the molecule is CCOC(=O)COc1ccc(C(=O)c2c(Br)cnn2CC)c(Cl)c1Cl. The maximum absolute atomic E-state index is 12.8. The van der Waals surface area contributed by atoms with Gasteiger partial charge in [0.15, 0.2) is 6.61 Å². The lowest BCUT2D eigenvalue weighted by Gasteiger charge is -2.12. The van der Waals surface area contributed by atoms with Crippen molar-refractivity contribution in [3.05, 3.63) is 44.1 Å². The van der Waals surface area contributed by atoms with Gasteiger partial charge in [-0.2, -0.15) is 5.10 Å². The van der Waals surface area contributed by atoms with Crippen molar-refractivity contribution in [2.24, 2.45) is 0 Å². The van der Waals surface area contributed by atoms with Crippen LogP contribution in [0, 0.1) is 0 Å². The van der Waals surface area contributed by atoms with Gasteiger partial charge in [-0.3, -0.25) is 9.48 Å². The monoisotopic (exact) mass is 448 g/mol. The smallest absolute Gasteiger partial charge is 0.344 e. The van der Waals surface area contributed by atoms with Crippen LogP contribution in [0.3, 0.4) is 0 Å². The van der Waals surface area contributed by atoms with Gasteiger partial charge in [-0.15, -0.1) is 0 Å². The van der Waals surface area contributed by atoms with Crippen LogP contribution < -0.4 is 4.74 Å². The van der Waals surface area contributed by atoms with Crippen LogP contribution in [0.15, 0.2) is 22.8 Å². The third-order valence-corrected chi connectivity index (χ3v) is 4.70. The van der Waals surface area contributed by atoms with Gasteiger partial charge in [-0.25, -0.2) is 4.79 Å². The van der Waals surface area contributed by atoms with Gasteiger partial charge in [-0.05, 0) is 41.9 Å². The summed E-state index contributed by atoms with van der Waals surface area (Å²) in [6, 6.07) is 2.98. The maximum atomic E-state index is 12.8. The molecule has 0 aliphatic heterocycles. The molecule has 2 aromatic rings. The molecule has 0 spiro atoms. The van der Waals surface area contributed by atoms with Crippen LogP contribution in [-0.2, 0) is 16.1 Å². The Hall–Kier alpha value is -1.57. The summed E-state index contributed by atoms with van der Waals surface area (Å²) in [6.45, 7) is 4.05. The summed E-state index contributed by atoms with van der Waals surface area (Å²) in [5, 5.41) is 4.21. The van der Waals surface area contributed by atoms with Crippen LogP contribution in [0.1, 0.15) is 29.9 Å². The largest absolute Gasteiger partial charge is 0.480 e. The first-order valence-corrected chi connectivity index (χ1v) is 8.97. The summed E-state index contributed by atoms with van der Waals surface area (Å²) in [5.74, 6) is -0.653. The zero-order valence-electron chi connectivity index (χ0n) is 13.5. The molecule has 9 heteroatoms. The number of halogens is 3. The van der Waals surface area contributed by atoms with E-state index in [4.69, 9.17) is 32.7 Å². The Morgan fingerprint density at radius 3 is 2.60 bits per heavy atom. The highest BCUT2D eigenvalue weighted by Gasteiger charge is 2.23. The average Bonchev–Trinajstić information content (AvgIpc) is 2.96. The van der Waals surface area contributed by atoms with E-state index < -0.39 is 5.97 Å². The number of carbonyl (C=O) groups excluding carboxylic acids is 2. The summed E-state index contributed by atoms with van der Waals surface area (Å²) >= 11 is 15.7. The number of carbonyl (C=O) groups is 2. The van der Waals surface area contributed by atoms with Crippen molar-refractivity contribution < 1.29 is 19.1 Å². The van der Waals surface area contributed by atoms with Gasteiger partial charge in [0, 0.05) is 12.1 Å². The summed E-state index contributed by atoms with van der Waals surface area (Å²) in [5.41, 5.74) is 0.590. The van der Waals surface area contributed by atoms with Crippen molar-refractivity contribution in [1.29, 1.82) is 0 Å². The Balaban J connectivity index is 2.29. The number of hydrogen-bond donors (Lipinski definition) is 0. The third kappa shape index (κ3) is 4.34. The van der Waals surface area contributed by atoms with Crippen molar-refractivity contribution >= 4 is 50.9 Å². The highest BCUT2D eigenvalue weighted by atomic mass is 79.9. The summed E-state index contributed by atoms with van der Waals surface area (Å²) in [7, 11) is 0. The molecule has 0 atom stereocenters. The second-order valence-corrected chi connectivity index (χ2v) is 6.43. The Labute approximate surface area is 163 Å². The summed E-state index contributed by atoms with van der Waals surface area (Å²) in [4.78, 5) is 24.2. The van der Waals surface area contributed by atoms with Gasteiger partial charge in [0.25, 0.3) is 0 Å². The Morgan fingerprint density at radius 1 is 1.24 bits per heavy atom. The fraction of sp³-hybridized carbons (Fsp3) is 0.312. The van der Waals surface area contributed by atoms with E-state index in [1.54, 1.807) is 17.8 Å². The minimum absolute atomic E-state index is 0.0452. The first-order chi connectivity index (χ1) is 11.9. The summed E-state index contributed by atoms with van der Waals surface area (Å²) in [6.07, 6.45) is 1.54. The molecular formula is C16H15BrCl2N2O4. The van der Waals surface area contributed by atoms with Crippen LogP contribution in [0.2, 0.25) is 10.0 Å². The van der Waals surface area contributed by atoms with Crippen molar-refractivity contribution in [1.82, 2.24) is 9.78 Å². The second-order valence-electron chi connectivity index (χ2n) is 4.82. The topological polar surface area (TPSA) is 70.4 Å². The van der Waals surface area contributed by atoms with E-state index in [9.17, 15) is 9.59 Å². The lowest BCUT2D eigenvalue weighted by molar-refractivity contribution is -0.145. The Kier molecular flexibility index (Phi) is 6.87. The first kappa shape index (κ1) is 19.8. The van der Waals surface area contributed by atoms with Crippen LogP contribution in [0.25, 0.3) is 0 Å². The van der Waals surface area contributed by atoms with Crippen LogP contribution in [0.5, 0.6) is 5.75 Å². The van der Waals surface area contributed by atoms with E-state index in [-0.39, 0.29) is 40.4 Å². The van der Waals surface area contributed by atoms with Gasteiger partial charge in [0.1, 0.15) is 16.5 Å². The average molecular weight is 450 g/mol. The predicted molar refractivity (Wildman–Crippen MR) is 97.6 cm³/mol. The molecule has 1 heterocycles. The van der Waals surface area contributed by atoms with Crippen molar-refractivity contribution in [2.45, 2.75) is 20.4 Å². The molecule has 0 saturated heterocycles. The highest BCUT2D eigenvalue weighted by molar-refractivity contribution is 9.10. The molecule has 0 radical (unpaired) electrons. The lowest BCUT2D eigenvalue weighted by Crippen LogP contribution is -2.15. The molecule has 0 N–H and O–H groups in total. The number of nitrogens with zero attached hydrogens (tertiary/aromatic N) is 2. The van der Waals surface area contributed by atoms with E-state index >= 15 is 0 Å². The molecule has 2 rings (SSSR count). The number of hydrogen-bond acceptors (Lipinski definition) is 5. The molecular weight excluding hydrogens is 435 g/mol. The fourth-order valence-corrected chi connectivity index (χ4v) is 3.05. The Morgan fingerprint density at radius 2 is 1.96 bits per heavy atom. The van der Waals surface area contributed by atoms with Crippen molar-refractivity contribution in [3.8, 4) is 5.75 Å². The molecule has 1 aromatic carbocycles. The highest BCUT2D eigenvalue weighted by Crippen LogP contribution is 2.36. The molecule has 0 amide bonds. The van der Waals surface area contributed by atoms with E-state index in [0.29, 0.717) is 16.7 Å².